The molecular weight excluding hydrogens is 304 g/mol. The highest BCUT2D eigenvalue weighted by Gasteiger charge is 2.22. The van der Waals surface area contributed by atoms with Crippen molar-refractivity contribution in [3.05, 3.63) is 28.8 Å². The Bertz CT molecular complexity index is 489. The van der Waals surface area contributed by atoms with Crippen LogP contribution in [0.2, 0.25) is 5.02 Å². The zero-order chi connectivity index (χ0) is 15.2. The van der Waals surface area contributed by atoms with Crippen LogP contribution in [0.4, 0.5) is 0 Å². The minimum atomic E-state index is 0.0527. The average molecular weight is 327 g/mol. The first-order chi connectivity index (χ1) is 10.2. The predicted molar refractivity (Wildman–Crippen MR) is 90.4 cm³/mol. The van der Waals surface area contributed by atoms with Crippen LogP contribution in [0.3, 0.4) is 0 Å². The van der Waals surface area contributed by atoms with Gasteiger partial charge in [0.25, 0.3) is 5.91 Å². The Labute approximate surface area is 136 Å². The fourth-order valence-corrected chi connectivity index (χ4v) is 3.34. The van der Waals surface area contributed by atoms with Gasteiger partial charge < -0.3 is 10.2 Å². The number of hydrogen-bond donors (Lipinski definition) is 1. The van der Waals surface area contributed by atoms with E-state index in [1.807, 2.05) is 36.3 Å². The third-order valence-corrected chi connectivity index (χ3v) is 5.07. The van der Waals surface area contributed by atoms with Crippen LogP contribution in [0, 0.1) is 5.92 Å². The van der Waals surface area contributed by atoms with E-state index in [1.54, 1.807) is 11.8 Å². The highest BCUT2D eigenvalue weighted by molar-refractivity contribution is 7.98. The van der Waals surface area contributed by atoms with Crippen molar-refractivity contribution in [2.75, 3.05) is 32.4 Å². The van der Waals surface area contributed by atoms with E-state index in [1.165, 1.54) is 0 Å². The molecule has 2 rings (SSSR count). The summed E-state index contributed by atoms with van der Waals surface area (Å²) < 4.78 is 0. The molecule has 0 aliphatic carbocycles. The Morgan fingerprint density at radius 1 is 1.43 bits per heavy atom. The lowest BCUT2D eigenvalue weighted by atomic mass is 9.97. The Kier molecular flexibility index (Phi) is 6.40. The van der Waals surface area contributed by atoms with Gasteiger partial charge >= 0.3 is 0 Å². The van der Waals surface area contributed by atoms with E-state index in [9.17, 15) is 4.79 Å². The van der Waals surface area contributed by atoms with E-state index >= 15 is 0 Å². The first-order valence-electron chi connectivity index (χ1n) is 7.49. The summed E-state index contributed by atoms with van der Waals surface area (Å²) in [4.78, 5) is 15.8. The van der Waals surface area contributed by atoms with Gasteiger partial charge in [-0.2, -0.15) is 0 Å². The lowest BCUT2D eigenvalue weighted by Crippen LogP contribution is -2.39. The van der Waals surface area contributed by atoms with Gasteiger partial charge in [0.2, 0.25) is 0 Å². The maximum atomic E-state index is 12.8. The normalized spacial score (nSPS) is 16.0. The summed E-state index contributed by atoms with van der Waals surface area (Å²) in [5.41, 5.74) is 0.624. The Morgan fingerprint density at radius 2 is 2.14 bits per heavy atom. The number of rotatable bonds is 5. The molecule has 0 atom stereocenters. The van der Waals surface area contributed by atoms with Crippen LogP contribution >= 0.6 is 23.4 Å². The van der Waals surface area contributed by atoms with E-state index in [2.05, 4.69) is 5.32 Å². The van der Waals surface area contributed by atoms with Crippen molar-refractivity contribution in [1.29, 1.82) is 0 Å². The van der Waals surface area contributed by atoms with Crippen LogP contribution in [-0.2, 0) is 0 Å². The molecule has 1 saturated heterocycles. The SMILES string of the molecule is CCN(CC1CCNCC1)C(=O)c1cc(SC)ccc1Cl. The minimum Gasteiger partial charge on any atom is -0.339 e. The van der Waals surface area contributed by atoms with Gasteiger partial charge in [-0.3, -0.25) is 4.79 Å². The smallest absolute Gasteiger partial charge is 0.255 e. The highest BCUT2D eigenvalue weighted by atomic mass is 35.5. The van der Waals surface area contributed by atoms with Gasteiger partial charge in [-0.15, -0.1) is 11.8 Å². The van der Waals surface area contributed by atoms with Gasteiger partial charge in [0.05, 0.1) is 10.6 Å². The molecule has 1 fully saturated rings. The number of piperidine rings is 1. The van der Waals surface area contributed by atoms with E-state index in [0.717, 1.165) is 43.9 Å². The number of amides is 1. The van der Waals surface area contributed by atoms with Gasteiger partial charge in [0.15, 0.2) is 0 Å². The molecular formula is C16H23ClN2OS. The van der Waals surface area contributed by atoms with E-state index < -0.39 is 0 Å². The van der Waals surface area contributed by atoms with Crippen molar-refractivity contribution in [2.24, 2.45) is 5.92 Å². The first-order valence-corrected chi connectivity index (χ1v) is 9.09. The quantitative estimate of drug-likeness (QED) is 0.840. The summed E-state index contributed by atoms with van der Waals surface area (Å²) in [7, 11) is 0. The fraction of sp³-hybridized carbons (Fsp3) is 0.562. The van der Waals surface area contributed by atoms with Gasteiger partial charge in [-0.25, -0.2) is 0 Å². The van der Waals surface area contributed by atoms with Crippen molar-refractivity contribution in [1.82, 2.24) is 10.2 Å². The summed E-state index contributed by atoms with van der Waals surface area (Å²) >= 11 is 7.85. The van der Waals surface area contributed by atoms with Crippen molar-refractivity contribution in [3.63, 3.8) is 0 Å². The minimum absolute atomic E-state index is 0.0527. The van der Waals surface area contributed by atoms with Crippen LogP contribution in [0.1, 0.15) is 30.1 Å². The van der Waals surface area contributed by atoms with E-state index in [4.69, 9.17) is 11.6 Å². The summed E-state index contributed by atoms with van der Waals surface area (Å²) in [6.45, 7) is 5.70. The number of hydrogen-bond acceptors (Lipinski definition) is 3. The molecule has 0 radical (unpaired) electrons. The van der Waals surface area contributed by atoms with Crippen LogP contribution in [-0.4, -0.2) is 43.2 Å². The maximum absolute atomic E-state index is 12.8. The zero-order valence-electron chi connectivity index (χ0n) is 12.7. The second-order valence-electron chi connectivity index (χ2n) is 5.38. The molecule has 1 aliphatic heterocycles. The molecule has 1 aromatic carbocycles. The summed E-state index contributed by atoms with van der Waals surface area (Å²) in [5, 5.41) is 3.91. The van der Waals surface area contributed by atoms with Gasteiger partial charge in [-0.05, 0) is 63.2 Å². The van der Waals surface area contributed by atoms with Crippen LogP contribution < -0.4 is 5.32 Å². The molecule has 1 aromatic rings. The average Bonchev–Trinajstić information content (AvgIpc) is 2.53. The Morgan fingerprint density at radius 3 is 2.76 bits per heavy atom. The summed E-state index contributed by atoms with van der Waals surface area (Å²) in [5.74, 6) is 0.648. The predicted octanol–water partition coefficient (Wildman–Crippen LogP) is 3.52. The van der Waals surface area contributed by atoms with Gasteiger partial charge in [0, 0.05) is 18.0 Å². The lowest BCUT2D eigenvalue weighted by Gasteiger charge is -2.29. The number of carbonyl (C=O) groups is 1. The molecule has 1 heterocycles. The maximum Gasteiger partial charge on any atom is 0.255 e. The number of thioether (sulfide) groups is 1. The molecule has 1 aliphatic rings. The molecule has 0 bridgehead atoms. The summed E-state index contributed by atoms with van der Waals surface area (Å²) in [6, 6.07) is 5.67. The van der Waals surface area contributed by atoms with E-state index in [-0.39, 0.29) is 5.91 Å². The van der Waals surface area contributed by atoms with Crippen molar-refractivity contribution < 1.29 is 4.79 Å². The number of nitrogens with zero attached hydrogens (tertiary/aromatic N) is 1. The van der Waals surface area contributed by atoms with Crippen molar-refractivity contribution in [3.8, 4) is 0 Å². The second-order valence-corrected chi connectivity index (χ2v) is 6.67. The van der Waals surface area contributed by atoms with E-state index in [0.29, 0.717) is 16.5 Å². The molecule has 1 N–H and O–H groups in total. The first kappa shape index (κ1) is 16.7. The number of halogens is 1. The third-order valence-electron chi connectivity index (χ3n) is 4.01. The Balaban J connectivity index is 2.11. The second kappa shape index (κ2) is 8.06. The molecule has 0 unspecified atom stereocenters. The number of benzene rings is 1. The molecule has 5 heteroatoms. The van der Waals surface area contributed by atoms with Crippen LogP contribution in [0.5, 0.6) is 0 Å². The van der Waals surface area contributed by atoms with Crippen LogP contribution in [0.15, 0.2) is 23.1 Å². The number of carbonyl (C=O) groups excluding carboxylic acids is 1. The molecule has 21 heavy (non-hydrogen) atoms. The standard InChI is InChI=1S/C16H23ClN2OS/c1-3-19(11-12-6-8-18-9-7-12)16(20)14-10-13(21-2)4-5-15(14)17/h4-5,10,12,18H,3,6-9,11H2,1-2H3. The third kappa shape index (κ3) is 4.38. The topological polar surface area (TPSA) is 32.3 Å². The fourth-order valence-electron chi connectivity index (χ4n) is 2.70. The largest absolute Gasteiger partial charge is 0.339 e. The van der Waals surface area contributed by atoms with Crippen LogP contribution in [0.25, 0.3) is 0 Å². The molecule has 116 valence electrons. The van der Waals surface area contributed by atoms with Gasteiger partial charge in [0.1, 0.15) is 0 Å². The summed E-state index contributed by atoms with van der Waals surface area (Å²) in [6.07, 6.45) is 4.29. The zero-order valence-corrected chi connectivity index (χ0v) is 14.3. The van der Waals surface area contributed by atoms with Gasteiger partial charge in [-0.1, -0.05) is 11.6 Å². The lowest BCUT2D eigenvalue weighted by molar-refractivity contribution is 0.0726. The highest BCUT2D eigenvalue weighted by Crippen LogP contribution is 2.25. The Hall–Kier alpha value is -0.710. The number of nitrogens with one attached hydrogen (secondary N) is 1. The molecule has 0 spiro atoms. The monoisotopic (exact) mass is 326 g/mol. The molecule has 0 saturated carbocycles. The molecule has 3 nitrogen and oxygen atoms in total. The van der Waals surface area contributed by atoms with Crippen molar-refractivity contribution in [2.45, 2.75) is 24.7 Å². The molecule has 1 amide bonds. The van der Waals surface area contributed by atoms with Crippen molar-refractivity contribution >= 4 is 29.3 Å². The molecule has 0 aromatic heterocycles.